The van der Waals surface area contributed by atoms with Crippen molar-refractivity contribution in [1.82, 2.24) is 14.9 Å². The van der Waals surface area contributed by atoms with Gasteiger partial charge in [-0.3, -0.25) is 0 Å². The maximum atomic E-state index is 5.95. The molecule has 0 aliphatic carbocycles. The Morgan fingerprint density at radius 2 is 1.92 bits per heavy atom. The zero-order valence-electron chi connectivity index (χ0n) is 13.8. The van der Waals surface area contributed by atoms with E-state index in [0.717, 1.165) is 36.7 Å². The number of para-hydroxylation sites is 3. The number of benzene rings is 2. The van der Waals surface area contributed by atoms with E-state index >= 15 is 0 Å². The smallest absolute Gasteiger partial charge is 0.148 e. The van der Waals surface area contributed by atoms with Crippen molar-refractivity contribution in [3.63, 3.8) is 0 Å². The van der Waals surface area contributed by atoms with Gasteiger partial charge in [-0.1, -0.05) is 30.3 Å². The first kappa shape index (κ1) is 15.2. The second-order valence-electron chi connectivity index (χ2n) is 6.44. The zero-order valence-corrected chi connectivity index (χ0v) is 13.8. The van der Waals surface area contributed by atoms with Gasteiger partial charge in [-0.15, -0.1) is 0 Å². The molecule has 1 aromatic heterocycles. The predicted molar refractivity (Wildman–Crippen MR) is 96.1 cm³/mol. The number of rotatable bonds is 5. The second-order valence-corrected chi connectivity index (χ2v) is 6.44. The molecule has 3 aromatic rings. The van der Waals surface area contributed by atoms with Crippen molar-refractivity contribution >= 4 is 11.0 Å². The van der Waals surface area contributed by atoms with Crippen molar-refractivity contribution in [1.29, 1.82) is 0 Å². The Labute approximate surface area is 142 Å². The Kier molecular flexibility index (Phi) is 4.47. The number of nitrogens with one attached hydrogen (secondary N) is 1. The van der Waals surface area contributed by atoms with E-state index in [4.69, 9.17) is 9.72 Å². The van der Waals surface area contributed by atoms with E-state index in [0.29, 0.717) is 12.5 Å². The molecule has 0 bridgehead atoms. The fourth-order valence-corrected chi connectivity index (χ4v) is 3.44. The van der Waals surface area contributed by atoms with Gasteiger partial charge in [0.15, 0.2) is 0 Å². The maximum Gasteiger partial charge on any atom is 0.148 e. The lowest BCUT2D eigenvalue weighted by molar-refractivity contribution is 0.279. The van der Waals surface area contributed by atoms with E-state index in [2.05, 4.69) is 28.1 Å². The van der Waals surface area contributed by atoms with Crippen LogP contribution in [0.4, 0.5) is 0 Å². The molecule has 4 nitrogen and oxygen atoms in total. The fraction of sp³-hybridized carbons (Fsp3) is 0.350. The normalized spacial score (nSPS) is 17.9. The van der Waals surface area contributed by atoms with Crippen LogP contribution >= 0.6 is 0 Å². The highest BCUT2D eigenvalue weighted by atomic mass is 16.5. The summed E-state index contributed by atoms with van der Waals surface area (Å²) in [6.45, 7) is 3.73. The van der Waals surface area contributed by atoms with Gasteiger partial charge < -0.3 is 14.6 Å². The van der Waals surface area contributed by atoms with Crippen LogP contribution in [-0.4, -0.2) is 22.6 Å². The van der Waals surface area contributed by atoms with E-state index < -0.39 is 0 Å². The lowest BCUT2D eigenvalue weighted by atomic mass is 9.99. The average Bonchev–Trinajstić information content (AvgIpc) is 2.99. The number of fused-ring (bicyclic) bond motifs is 1. The fourth-order valence-electron chi connectivity index (χ4n) is 3.44. The number of hydrogen-bond acceptors (Lipinski definition) is 3. The van der Waals surface area contributed by atoms with Gasteiger partial charge in [0.25, 0.3) is 0 Å². The topological polar surface area (TPSA) is 39.1 Å². The molecule has 1 N–H and O–H groups in total. The van der Waals surface area contributed by atoms with Gasteiger partial charge in [0.05, 0.1) is 11.0 Å². The molecule has 24 heavy (non-hydrogen) atoms. The van der Waals surface area contributed by atoms with Gasteiger partial charge in [0.2, 0.25) is 0 Å². The summed E-state index contributed by atoms with van der Waals surface area (Å²) in [6.07, 6.45) is 2.53. The number of ether oxygens (including phenoxy) is 1. The molecule has 1 aliphatic rings. The van der Waals surface area contributed by atoms with Crippen LogP contribution in [-0.2, 0) is 13.2 Å². The highest BCUT2D eigenvalue weighted by molar-refractivity contribution is 5.75. The van der Waals surface area contributed by atoms with Crippen molar-refractivity contribution < 1.29 is 4.74 Å². The molecule has 1 atom stereocenters. The highest BCUT2D eigenvalue weighted by Crippen LogP contribution is 2.22. The number of aromatic nitrogens is 2. The Morgan fingerprint density at radius 1 is 1.08 bits per heavy atom. The molecule has 1 saturated heterocycles. The van der Waals surface area contributed by atoms with E-state index in [1.807, 2.05) is 36.4 Å². The third-order valence-corrected chi connectivity index (χ3v) is 4.68. The number of imidazole rings is 1. The molecule has 0 spiro atoms. The van der Waals surface area contributed by atoms with Crippen LogP contribution in [0.2, 0.25) is 0 Å². The predicted octanol–water partition coefficient (Wildman–Crippen LogP) is 3.61. The van der Waals surface area contributed by atoms with Crippen molar-refractivity contribution in [2.45, 2.75) is 26.0 Å². The van der Waals surface area contributed by atoms with Gasteiger partial charge in [-0.25, -0.2) is 4.98 Å². The van der Waals surface area contributed by atoms with Crippen molar-refractivity contribution in [3.8, 4) is 5.75 Å². The summed E-state index contributed by atoms with van der Waals surface area (Å²) in [5.41, 5.74) is 2.25. The summed E-state index contributed by atoms with van der Waals surface area (Å²) in [7, 11) is 0. The molecule has 2 heterocycles. The Balaban J connectivity index is 1.59. The first-order chi connectivity index (χ1) is 11.9. The Bertz CT molecular complexity index is 791. The summed E-state index contributed by atoms with van der Waals surface area (Å²) in [5, 5.41) is 3.51. The molecular weight excluding hydrogens is 298 g/mol. The van der Waals surface area contributed by atoms with Crippen LogP contribution < -0.4 is 10.1 Å². The summed E-state index contributed by atoms with van der Waals surface area (Å²) in [4.78, 5) is 4.81. The van der Waals surface area contributed by atoms with E-state index in [1.165, 1.54) is 18.4 Å². The van der Waals surface area contributed by atoms with E-state index in [-0.39, 0.29) is 0 Å². The third-order valence-electron chi connectivity index (χ3n) is 4.68. The van der Waals surface area contributed by atoms with Gasteiger partial charge in [0, 0.05) is 6.54 Å². The molecule has 0 radical (unpaired) electrons. The average molecular weight is 321 g/mol. The third kappa shape index (κ3) is 3.29. The molecule has 1 aliphatic heterocycles. The Morgan fingerprint density at radius 3 is 2.75 bits per heavy atom. The Hall–Kier alpha value is -2.33. The molecule has 4 rings (SSSR count). The van der Waals surface area contributed by atoms with Crippen molar-refractivity contribution in [2.24, 2.45) is 5.92 Å². The summed E-state index contributed by atoms with van der Waals surface area (Å²) in [6, 6.07) is 18.3. The molecule has 124 valence electrons. The van der Waals surface area contributed by atoms with Gasteiger partial charge in [-0.2, -0.15) is 0 Å². The van der Waals surface area contributed by atoms with E-state index in [1.54, 1.807) is 0 Å². The van der Waals surface area contributed by atoms with Crippen LogP contribution in [0.5, 0.6) is 5.75 Å². The quantitative estimate of drug-likeness (QED) is 0.780. The molecule has 0 amide bonds. The lowest BCUT2D eigenvalue weighted by Gasteiger charge is -2.24. The number of nitrogens with zero attached hydrogens (tertiary/aromatic N) is 2. The van der Waals surface area contributed by atoms with Gasteiger partial charge >= 0.3 is 0 Å². The van der Waals surface area contributed by atoms with E-state index in [9.17, 15) is 0 Å². The first-order valence-electron chi connectivity index (χ1n) is 8.73. The highest BCUT2D eigenvalue weighted by Gasteiger charge is 2.18. The minimum Gasteiger partial charge on any atom is -0.486 e. The minimum atomic E-state index is 0.499. The minimum absolute atomic E-state index is 0.499. The van der Waals surface area contributed by atoms with Crippen LogP contribution in [0.3, 0.4) is 0 Å². The first-order valence-corrected chi connectivity index (χ1v) is 8.73. The largest absolute Gasteiger partial charge is 0.486 e. The van der Waals surface area contributed by atoms with Gasteiger partial charge in [-0.05, 0) is 56.1 Å². The summed E-state index contributed by atoms with van der Waals surface area (Å²) in [5.74, 6) is 2.55. The van der Waals surface area contributed by atoms with Crippen LogP contribution in [0, 0.1) is 5.92 Å². The maximum absolute atomic E-state index is 5.95. The van der Waals surface area contributed by atoms with Crippen molar-refractivity contribution in [3.05, 3.63) is 60.4 Å². The number of piperidine rings is 1. The van der Waals surface area contributed by atoms with Crippen LogP contribution in [0.1, 0.15) is 18.7 Å². The molecule has 0 saturated carbocycles. The molecule has 4 heteroatoms. The van der Waals surface area contributed by atoms with Crippen LogP contribution in [0.15, 0.2) is 54.6 Å². The molecule has 1 unspecified atom stereocenters. The summed E-state index contributed by atoms with van der Waals surface area (Å²) < 4.78 is 8.30. The SMILES string of the molecule is c1ccc(OCc2nc3ccccc3n2CC2CCCNC2)cc1. The van der Waals surface area contributed by atoms with Crippen LogP contribution in [0.25, 0.3) is 11.0 Å². The second kappa shape index (κ2) is 7.05. The summed E-state index contributed by atoms with van der Waals surface area (Å²) >= 11 is 0. The zero-order chi connectivity index (χ0) is 16.2. The lowest BCUT2D eigenvalue weighted by Crippen LogP contribution is -2.32. The molecular formula is C20H23N3O. The van der Waals surface area contributed by atoms with Crippen molar-refractivity contribution in [2.75, 3.05) is 13.1 Å². The monoisotopic (exact) mass is 321 g/mol. The van der Waals surface area contributed by atoms with Gasteiger partial charge in [0.1, 0.15) is 18.2 Å². The molecule has 2 aromatic carbocycles. The molecule has 1 fully saturated rings. The number of hydrogen-bond donors (Lipinski definition) is 1. The standard InChI is InChI=1S/C20H23N3O/c1-2-8-17(9-3-1)24-15-20-22-18-10-4-5-11-19(18)23(20)14-16-7-6-12-21-13-16/h1-5,8-11,16,21H,6-7,12-15H2.